The van der Waals surface area contributed by atoms with E-state index in [1.54, 1.807) is 0 Å². The lowest BCUT2D eigenvalue weighted by molar-refractivity contribution is 0.637. The summed E-state index contributed by atoms with van der Waals surface area (Å²) in [5, 5.41) is 5.07. The normalized spacial score (nSPS) is 10.5. The van der Waals surface area contributed by atoms with E-state index < -0.39 is 0 Å². The van der Waals surface area contributed by atoms with Crippen molar-refractivity contribution in [3.63, 3.8) is 0 Å². The van der Waals surface area contributed by atoms with E-state index in [1.807, 2.05) is 11.4 Å². The minimum Gasteiger partial charge on any atom is -0.310 e. The number of terminal acetylenes is 1. The summed E-state index contributed by atoms with van der Waals surface area (Å²) in [5.74, 6) is 3.25. The highest BCUT2D eigenvalue weighted by Crippen LogP contribution is 2.13. The van der Waals surface area contributed by atoms with E-state index in [2.05, 4.69) is 21.2 Å². The van der Waals surface area contributed by atoms with E-state index in [0.717, 1.165) is 24.9 Å². The van der Waals surface area contributed by atoms with Gasteiger partial charge >= 0.3 is 0 Å². The van der Waals surface area contributed by atoms with Crippen LogP contribution in [0.15, 0.2) is 16.2 Å². The van der Waals surface area contributed by atoms with Gasteiger partial charge in [-0.2, -0.15) is 0 Å². The van der Waals surface area contributed by atoms with E-state index in [-0.39, 0.29) is 5.56 Å². The van der Waals surface area contributed by atoms with Crippen LogP contribution in [0.1, 0.15) is 18.7 Å². The number of unbranched alkanes of at least 4 members (excludes halogenated alkanes) is 1. The molecule has 2 rings (SSSR count). The lowest BCUT2D eigenvalue weighted by Gasteiger charge is -2.02. The summed E-state index contributed by atoms with van der Waals surface area (Å²) in [6, 6.07) is 1.86. The smallest absolute Gasteiger partial charge is 0.268 e. The number of nitrogens with zero attached hydrogens (tertiary/aromatic N) is 1. The number of thiophene rings is 1. The second-order valence-electron chi connectivity index (χ2n) is 3.63. The van der Waals surface area contributed by atoms with E-state index in [4.69, 9.17) is 6.42 Å². The maximum Gasteiger partial charge on any atom is 0.268 e. The average molecular weight is 247 g/mol. The predicted molar refractivity (Wildman–Crippen MR) is 70.0 cm³/mol. The van der Waals surface area contributed by atoms with Crippen LogP contribution in [-0.4, -0.2) is 16.5 Å². The van der Waals surface area contributed by atoms with Gasteiger partial charge in [-0.1, -0.05) is 0 Å². The number of H-pyrrole nitrogens is 1. The molecular formula is C12H13N3OS. The van der Waals surface area contributed by atoms with Gasteiger partial charge in [0, 0.05) is 6.42 Å². The van der Waals surface area contributed by atoms with E-state index in [1.165, 1.54) is 11.3 Å². The molecule has 4 nitrogen and oxygen atoms in total. The molecule has 0 fully saturated rings. The van der Waals surface area contributed by atoms with Crippen LogP contribution in [0.25, 0.3) is 10.2 Å². The van der Waals surface area contributed by atoms with Crippen molar-refractivity contribution in [1.82, 2.24) is 15.3 Å². The van der Waals surface area contributed by atoms with Crippen LogP contribution in [0, 0.1) is 12.3 Å². The Balaban J connectivity index is 2.00. The van der Waals surface area contributed by atoms with Crippen LogP contribution in [-0.2, 0) is 6.54 Å². The highest BCUT2D eigenvalue weighted by molar-refractivity contribution is 7.17. The van der Waals surface area contributed by atoms with E-state index >= 15 is 0 Å². The third-order valence-electron chi connectivity index (χ3n) is 2.33. The maximum atomic E-state index is 11.7. The first kappa shape index (κ1) is 11.8. The number of hydrogen-bond donors (Lipinski definition) is 2. The van der Waals surface area contributed by atoms with Crippen LogP contribution >= 0.6 is 11.3 Å². The van der Waals surface area contributed by atoms with Gasteiger partial charge in [0.1, 0.15) is 10.5 Å². The minimum atomic E-state index is -0.0644. The number of fused-ring (bicyclic) bond motifs is 1. The fraction of sp³-hybridized carbons (Fsp3) is 0.333. The monoisotopic (exact) mass is 247 g/mol. The Hall–Kier alpha value is -1.64. The van der Waals surface area contributed by atoms with Gasteiger partial charge in [0.05, 0.1) is 12.1 Å². The maximum absolute atomic E-state index is 11.7. The van der Waals surface area contributed by atoms with Crippen LogP contribution in [0.3, 0.4) is 0 Å². The molecule has 0 saturated carbocycles. The van der Waals surface area contributed by atoms with Crippen molar-refractivity contribution in [2.24, 2.45) is 0 Å². The van der Waals surface area contributed by atoms with Crippen molar-refractivity contribution >= 4 is 21.6 Å². The summed E-state index contributed by atoms with van der Waals surface area (Å²) in [5.41, 5.74) is 0.699. The summed E-state index contributed by atoms with van der Waals surface area (Å²) in [6.45, 7) is 1.39. The van der Waals surface area contributed by atoms with Gasteiger partial charge in [-0.3, -0.25) is 4.79 Å². The first-order valence-corrected chi connectivity index (χ1v) is 6.30. The van der Waals surface area contributed by atoms with Gasteiger partial charge in [-0.25, -0.2) is 4.98 Å². The van der Waals surface area contributed by atoms with Crippen LogP contribution in [0.2, 0.25) is 0 Å². The van der Waals surface area contributed by atoms with Gasteiger partial charge in [-0.05, 0) is 24.4 Å². The number of nitrogens with one attached hydrogen (secondary N) is 2. The Morgan fingerprint density at radius 1 is 1.59 bits per heavy atom. The molecule has 0 spiro atoms. The molecule has 0 bridgehead atoms. The van der Waals surface area contributed by atoms with Gasteiger partial charge in [0.15, 0.2) is 0 Å². The molecule has 0 aliphatic carbocycles. The fourth-order valence-electron chi connectivity index (χ4n) is 1.53. The SMILES string of the molecule is C#CCCCNCc1nc2ccsc2c(=O)[nH]1. The fourth-order valence-corrected chi connectivity index (χ4v) is 2.25. The second-order valence-corrected chi connectivity index (χ2v) is 4.55. The van der Waals surface area contributed by atoms with Crippen molar-refractivity contribution in [2.45, 2.75) is 19.4 Å². The third-order valence-corrected chi connectivity index (χ3v) is 3.23. The molecule has 0 aliphatic rings. The summed E-state index contributed by atoms with van der Waals surface area (Å²) < 4.78 is 0.682. The van der Waals surface area contributed by atoms with E-state index in [0.29, 0.717) is 17.1 Å². The molecular weight excluding hydrogens is 234 g/mol. The highest BCUT2D eigenvalue weighted by Gasteiger charge is 2.03. The first-order valence-electron chi connectivity index (χ1n) is 5.42. The predicted octanol–water partition coefficient (Wildman–Crippen LogP) is 1.49. The molecule has 2 N–H and O–H groups in total. The Morgan fingerprint density at radius 2 is 2.47 bits per heavy atom. The van der Waals surface area contributed by atoms with Gasteiger partial charge in [0.2, 0.25) is 0 Å². The van der Waals surface area contributed by atoms with Crippen LogP contribution in [0.4, 0.5) is 0 Å². The molecule has 17 heavy (non-hydrogen) atoms. The van der Waals surface area contributed by atoms with E-state index in [9.17, 15) is 4.79 Å². The van der Waals surface area contributed by atoms with Gasteiger partial charge < -0.3 is 10.3 Å². The molecule has 88 valence electrons. The zero-order valence-electron chi connectivity index (χ0n) is 9.32. The molecule has 2 aromatic rings. The van der Waals surface area contributed by atoms with Crippen LogP contribution in [0.5, 0.6) is 0 Å². The van der Waals surface area contributed by atoms with Crippen molar-refractivity contribution in [3.05, 3.63) is 27.6 Å². The van der Waals surface area contributed by atoms with Crippen molar-refractivity contribution in [1.29, 1.82) is 0 Å². The van der Waals surface area contributed by atoms with Gasteiger partial charge in [0.25, 0.3) is 5.56 Å². The summed E-state index contributed by atoms with van der Waals surface area (Å²) >= 11 is 1.41. The minimum absolute atomic E-state index is 0.0644. The van der Waals surface area contributed by atoms with Gasteiger partial charge in [-0.15, -0.1) is 23.7 Å². The number of aromatic amines is 1. The first-order chi connectivity index (χ1) is 8.31. The largest absolute Gasteiger partial charge is 0.310 e. The Bertz CT molecular complexity index is 594. The molecule has 0 unspecified atom stereocenters. The Kier molecular flexibility index (Phi) is 3.91. The van der Waals surface area contributed by atoms with Crippen molar-refractivity contribution in [2.75, 3.05) is 6.54 Å². The summed E-state index contributed by atoms with van der Waals surface area (Å²) in [6.07, 6.45) is 6.85. The van der Waals surface area contributed by atoms with Crippen molar-refractivity contribution < 1.29 is 0 Å². The topological polar surface area (TPSA) is 57.8 Å². The zero-order valence-corrected chi connectivity index (χ0v) is 10.1. The molecule has 0 radical (unpaired) electrons. The molecule has 0 aliphatic heterocycles. The molecule has 2 heterocycles. The lowest BCUT2D eigenvalue weighted by atomic mass is 10.3. The molecule has 0 atom stereocenters. The zero-order chi connectivity index (χ0) is 12.1. The average Bonchev–Trinajstić information content (AvgIpc) is 2.77. The standard InChI is InChI=1S/C12H13N3OS/c1-2-3-4-6-13-8-10-14-9-5-7-17-11(9)12(16)15-10/h1,5,7,13H,3-4,6,8H2,(H,14,15,16). The van der Waals surface area contributed by atoms with Crippen LogP contribution < -0.4 is 10.9 Å². The molecule has 0 saturated heterocycles. The number of aromatic nitrogens is 2. The molecule has 5 heteroatoms. The number of rotatable bonds is 5. The number of hydrogen-bond acceptors (Lipinski definition) is 4. The second kappa shape index (κ2) is 5.62. The quantitative estimate of drug-likeness (QED) is 0.621. The van der Waals surface area contributed by atoms with Crippen molar-refractivity contribution in [3.8, 4) is 12.3 Å². The highest BCUT2D eigenvalue weighted by atomic mass is 32.1. The summed E-state index contributed by atoms with van der Waals surface area (Å²) in [4.78, 5) is 18.8. The Labute approximate surface area is 103 Å². The third kappa shape index (κ3) is 2.93. The summed E-state index contributed by atoms with van der Waals surface area (Å²) in [7, 11) is 0. The molecule has 0 amide bonds. The lowest BCUT2D eigenvalue weighted by Crippen LogP contribution is -2.19. The molecule has 2 aromatic heterocycles. The molecule has 0 aromatic carbocycles. The Morgan fingerprint density at radius 3 is 3.29 bits per heavy atom.